The smallest absolute Gasteiger partial charge is 0.306 e. The normalized spacial score (nSPS) is 14.4. The summed E-state index contributed by atoms with van der Waals surface area (Å²) in [4.78, 5) is 26.2. The van der Waals surface area contributed by atoms with Gasteiger partial charge in [0.1, 0.15) is 5.82 Å². The number of hydrogen-bond donors (Lipinski definition) is 1. The number of aromatic amines is 1. The molecule has 1 aliphatic rings. The Labute approximate surface area is 212 Å². The number of nitrogens with one attached hydrogen (secondary N) is 1. The van der Waals surface area contributed by atoms with Crippen LogP contribution in [0.4, 0.5) is 26.3 Å². The second-order valence-corrected chi connectivity index (χ2v) is 8.97. The molecule has 38 heavy (non-hydrogen) atoms. The maximum Gasteiger partial charge on any atom is 0.417 e. The van der Waals surface area contributed by atoms with Crippen LogP contribution in [-0.4, -0.2) is 26.4 Å². The molecule has 2 aromatic heterocycles. The lowest BCUT2D eigenvalue weighted by Gasteiger charge is -2.27. The van der Waals surface area contributed by atoms with Gasteiger partial charge in [-0.2, -0.15) is 26.3 Å². The zero-order valence-electron chi connectivity index (χ0n) is 19.7. The first-order valence-corrected chi connectivity index (χ1v) is 11.6. The van der Waals surface area contributed by atoms with Gasteiger partial charge in [-0.15, -0.1) is 0 Å². The number of rotatable bonds is 4. The van der Waals surface area contributed by atoms with E-state index in [0.29, 0.717) is 42.9 Å². The SMILES string of the molecule is O=c1[nH]c(-c2ccc(C(F)(F)F)cc2)nc2c1CN(Cc1ccc(-c3ccccc3C(F)(F)F)nc1)CC2. The molecule has 3 heterocycles. The van der Waals surface area contributed by atoms with Crippen LogP contribution in [-0.2, 0) is 31.9 Å². The van der Waals surface area contributed by atoms with E-state index in [-0.39, 0.29) is 22.6 Å². The lowest BCUT2D eigenvalue weighted by Crippen LogP contribution is -2.35. The van der Waals surface area contributed by atoms with Gasteiger partial charge in [0.2, 0.25) is 0 Å². The molecule has 5 nitrogen and oxygen atoms in total. The molecular formula is C27H20F6N4O. The van der Waals surface area contributed by atoms with Crippen LogP contribution in [0.3, 0.4) is 0 Å². The van der Waals surface area contributed by atoms with Crippen molar-refractivity contribution in [2.75, 3.05) is 6.54 Å². The third-order valence-electron chi connectivity index (χ3n) is 6.37. The number of aromatic nitrogens is 3. The molecule has 0 spiro atoms. The quantitative estimate of drug-likeness (QED) is 0.324. The van der Waals surface area contributed by atoms with Crippen molar-refractivity contribution in [2.45, 2.75) is 31.9 Å². The number of fused-ring (bicyclic) bond motifs is 1. The van der Waals surface area contributed by atoms with Crippen molar-refractivity contribution < 1.29 is 26.3 Å². The summed E-state index contributed by atoms with van der Waals surface area (Å²) < 4.78 is 78.6. The first-order chi connectivity index (χ1) is 18.0. The average Bonchev–Trinajstić information content (AvgIpc) is 2.88. The van der Waals surface area contributed by atoms with Gasteiger partial charge in [0.15, 0.2) is 0 Å². The zero-order valence-corrected chi connectivity index (χ0v) is 19.7. The Hall–Kier alpha value is -3.99. The molecule has 0 amide bonds. The lowest BCUT2D eigenvalue weighted by atomic mass is 10.0. The summed E-state index contributed by atoms with van der Waals surface area (Å²) in [5.74, 6) is 0.204. The van der Waals surface area contributed by atoms with E-state index < -0.39 is 23.5 Å². The van der Waals surface area contributed by atoms with Crippen molar-refractivity contribution in [2.24, 2.45) is 0 Å². The largest absolute Gasteiger partial charge is 0.417 e. The molecule has 11 heteroatoms. The Balaban J connectivity index is 1.31. The highest BCUT2D eigenvalue weighted by Gasteiger charge is 2.33. The first kappa shape index (κ1) is 25.7. The van der Waals surface area contributed by atoms with E-state index in [1.54, 1.807) is 12.1 Å². The van der Waals surface area contributed by atoms with Crippen molar-refractivity contribution >= 4 is 0 Å². The summed E-state index contributed by atoms with van der Waals surface area (Å²) in [6.45, 7) is 1.28. The van der Waals surface area contributed by atoms with Crippen molar-refractivity contribution in [3.05, 3.63) is 105 Å². The molecule has 2 aromatic carbocycles. The zero-order chi connectivity index (χ0) is 27.1. The standard InChI is InChI=1S/C27H20F6N4O/c28-26(29,30)18-8-6-17(7-9-18)24-35-23-11-12-37(15-20(23)25(38)36-24)14-16-5-10-22(34-13-16)19-3-1-2-4-21(19)27(31,32)33/h1-10,13H,11-12,14-15H2,(H,35,36,38). The summed E-state index contributed by atoms with van der Waals surface area (Å²) in [6, 6.07) is 12.9. The molecular weight excluding hydrogens is 510 g/mol. The van der Waals surface area contributed by atoms with Crippen molar-refractivity contribution in [3.8, 4) is 22.6 Å². The van der Waals surface area contributed by atoms with Gasteiger partial charge in [-0.1, -0.05) is 36.4 Å². The molecule has 4 aromatic rings. The predicted octanol–water partition coefficient (Wildman–Crippen LogP) is 6.09. The van der Waals surface area contributed by atoms with Gasteiger partial charge in [0, 0.05) is 43.4 Å². The molecule has 0 fully saturated rings. The highest BCUT2D eigenvalue weighted by Crippen LogP contribution is 2.36. The number of alkyl halides is 6. The van der Waals surface area contributed by atoms with Crippen LogP contribution in [0.2, 0.25) is 0 Å². The van der Waals surface area contributed by atoms with Crippen LogP contribution in [0, 0.1) is 0 Å². The number of hydrogen-bond acceptors (Lipinski definition) is 4. The van der Waals surface area contributed by atoms with E-state index in [0.717, 1.165) is 23.8 Å². The lowest BCUT2D eigenvalue weighted by molar-refractivity contribution is -0.138. The van der Waals surface area contributed by atoms with Crippen LogP contribution in [0.1, 0.15) is 27.9 Å². The van der Waals surface area contributed by atoms with Gasteiger partial charge in [-0.05, 0) is 29.8 Å². The second-order valence-electron chi connectivity index (χ2n) is 8.97. The summed E-state index contributed by atoms with van der Waals surface area (Å²) >= 11 is 0. The summed E-state index contributed by atoms with van der Waals surface area (Å²) in [6.07, 6.45) is -6.97. The van der Waals surface area contributed by atoms with Crippen LogP contribution in [0.15, 0.2) is 71.7 Å². The summed E-state index contributed by atoms with van der Waals surface area (Å²) in [5.41, 5.74) is 0.493. The molecule has 0 aliphatic carbocycles. The van der Waals surface area contributed by atoms with Gasteiger partial charge in [-0.25, -0.2) is 4.98 Å². The van der Waals surface area contributed by atoms with E-state index >= 15 is 0 Å². The van der Waals surface area contributed by atoms with E-state index in [1.165, 1.54) is 36.5 Å². The average molecular weight is 530 g/mol. The fourth-order valence-electron chi connectivity index (χ4n) is 4.46. The van der Waals surface area contributed by atoms with Gasteiger partial charge in [0.25, 0.3) is 5.56 Å². The third-order valence-corrected chi connectivity index (χ3v) is 6.37. The van der Waals surface area contributed by atoms with E-state index in [4.69, 9.17) is 0 Å². The maximum atomic E-state index is 13.3. The Morgan fingerprint density at radius 3 is 2.29 bits per heavy atom. The topological polar surface area (TPSA) is 61.9 Å². The van der Waals surface area contributed by atoms with Crippen LogP contribution in [0.25, 0.3) is 22.6 Å². The van der Waals surface area contributed by atoms with Gasteiger partial charge in [0.05, 0.1) is 28.1 Å². The van der Waals surface area contributed by atoms with Crippen LogP contribution in [0.5, 0.6) is 0 Å². The number of pyridine rings is 1. The molecule has 0 saturated heterocycles. The number of nitrogens with zero attached hydrogens (tertiary/aromatic N) is 3. The highest BCUT2D eigenvalue weighted by molar-refractivity contribution is 5.64. The molecule has 0 radical (unpaired) electrons. The van der Waals surface area contributed by atoms with E-state index in [2.05, 4.69) is 15.0 Å². The Bertz CT molecular complexity index is 1510. The van der Waals surface area contributed by atoms with Crippen molar-refractivity contribution in [3.63, 3.8) is 0 Å². The minimum Gasteiger partial charge on any atom is -0.306 e. The Morgan fingerprint density at radius 2 is 1.63 bits per heavy atom. The van der Waals surface area contributed by atoms with Gasteiger partial charge in [-0.3, -0.25) is 14.7 Å². The molecule has 0 saturated carbocycles. The van der Waals surface area contributed by atoms with E-state index in [1.807, 2.05) is 4.90 Å². The number of halogens is 6. The number of benzene rings is 2. The molecule has 0 unspecified atom stereocenters. The molecule has 0 bridgehead atoms. The molecule has 196 valence electrons. The molecule has 1 N–H and O–H groups in total. The third kappa shape index (κ3) is 5.33. The van der Waals surface area contributed by atoms with Crippen molar-refractivity contribution in [1.82, 2.24) is 19.9 Å². The first-order valence-electron chi connectivity index (χ1n) is 11.6. The minimum atomic E-state index is -4.49. The Kier molecular flexibility index (Phi) is 6.56. The van der Waals surface area contributed by atoms with Crippen LogP contribution < -0.4 is 5.56 Å². The molecule has 0 atom stereocenters. The van der Waals surface area contributed by atoms with Crippen LogP contribution >= 0.6 is 0 Å². The van der Waals surface area contributed by atoms with Gasteiger partial charge < -0.3 is 4.98 Å². The minimum absolute atomic E-state index is 0.0000848. The second kappa shape index (κ2) is 9.71. The van der Waals surface area contributed by atoms with Crippen molar-refractivity contribution in [1.29, 1.82) is 0 Å². The summed E-state index contributed by atoms with van der Waals surface area (Å²) in [7, 11) is 0. The van der Waals surface area contributed by atoms with E-state index in [9.17, 15) is 31.1 Å². The molecule has 5 rings (SSSR count). The summed E-state index contributed by atoms with van der Waals surface area (Å²) in [5, 5.41) is 0. The molecule has 1 aliphatic heterocycles. The van der Waals surface area contributed by atoms with Gasteiger partial charge >= 0.3 is 12.4 Å². The maximum absolute atomic E-state index is 13.3. The fourth-order valence-corrected chi connectivity index (χ4v) is 4.46. The fraction of sp³-hybridized carbons (Fsp3) is 0.222. The number of H-pyrrole nitrogens is 1. The monoisotopic (exact) mass is 530 g/mol. The predicted molar refractivity (Wildman–Crippen MR) is 128 cm³/mol. The Morgan fingerprint density at radius 1 is 0.895 bits per heavy atom. The highest BCUT2D eigenvalue weighted by atomic mass is 19.4.